The lowest BCUT2D eigenvalue weighted by atomic mass is 10.2. The van der Waals surface area contributed by atoms with Gasteiger partial charge in [-0.15, -0.1) is 11.3 Å². The van der Waals surface area contributed by atoms with Crippen molar-refractivity contribution in [2.75, 3.05) is 11.1 Å². The maximum atomic E-state index is 10.8. The number of aryl methyl sites for hydroxylation is 1. The van der Waals surface area contributed by atoms with Crippen LogP contribution in [0.2, 0.25) is 0 Å². The number of nitrogens with two attached hydrogens (primary N) is 1. The van der Waals surface area contributed by atoms with Crippen molar-refractivity contribution < 1.29 is 9.90 Å². The molecule has 19 heavy (non-hydrogen) atoms. The normalized spacial score (nSPS) is 10.4. The number of carboxylic acids is 1. The van der Waals surface area contributed by atoms with Gasteiger partial charge in [0.25, 0.3) is 0 Å². The number of hydrogen-bond acceptors (Lipinski definition) is 5. The third-order valence-electron chi connectivity index (χ3n) is 2.66. The lowest BCUT2D eigenvalue weighted by molar-refractivity contribution is 0.0696. The number of aromatic nitrogens is 1. The topological polar surface area (TPSA) is 88.2 Å². The average Bonchev–Trinajstić information content (AvgIpc) is 2.85. The number of rotatable bonds is 5. The molecule has 0 bridgehead atoms. The highest BCUT2D eigenvalue weighted by atomic mass is 32.1. The van der Waals surface area contributed by atoms with Gasteiger partial charge in [0, 0.05) is 16.0 Å². The monoisotopic (exact) mass is 277 g/mol. The summed E-state index contributed by atoms with van der Waals surface area (Å²) in [6.07, 6.45) is 2.32. The molecule has 2 aromatic heterocycles. The SMILES string of the molecule is CCc1ccc(CNc2ncc(C(=O)O)cc2N)s1. The van der Waals surface area contributed by atoms with Crippen molar-refractivity contribution in [1.29, 1.82) is 0 Å². The molecular formula is C13H15N3O2S. The summed E-state index contributed by atoms with van der Waals surface area (Å²) in [6, 6.07) is 5.58. The van der Waals surface area contributed by atoms with Crippen LogP contribution < -0.4 is 11.1 Å². The van der Waals surface area contributed by atoms with Crippen LogP contribution in [0.15, 0.2) is 24.4 Å². The lowest BCUT2D eigenvalue weighted by Gasteiger charge is -2.07. The predicted molar refractivity (Wildman–Crippen MR) is 76.6 cm³/mol. The van der Waals surface area contributed by atoms with Crippen LogP contribution in [0.5, 0.6) is 0 Å². The second-order valence-corrected chi connectivity index (χ2v) is 5.29. The van der Waals surface area contributed by atoms with E-state index in [1.807, 2.05) is 0 Å². The molecule has 2 heterocycles. The van der Waals surface area contributed by atoms with Gasteiger partial charge in [-0.2, -0.15) is 0 Å². The summed E-state index contributed by atoms with van der Waals surface area (Å²) in [7, 11) is 0. The Labute approximate surface area is 115 Å². The Balaban J connectivity index is 2.05. The van der Waals surface area contributed by atoms with E-state index in [-0.39, 0.29) is 5.56 Å². The van der Waals surface area contributed by atoms with Crippen LogP contribution in [0, 0.1) is 0 Å². The molecule has 0 aliphatic heterocycles. The number of thiophene rings is 1. The summed E-state index contributed by atoms with van der Waals surface area (Å²) >= 11 is 1.74. The molecule has 0 saturated heterocycles. The molecular weight excluding hydrogens is 262 g/mol. The minimum absolute atomic E-state index is 0.0902. The minimum atomic E-state index is -1.03. The van der Waals surface area contributed by atoms with Crippen LogP contribution in [0.3, 0.4) is 0 Å². The van der Waals surface area contributed by atoms with E-state index >= 15 is 0 Å². The van der Waals surface area contributed by atoms with E-state index in [0.717, 1.165) is 6.42 Å². The fraction of sp³-hybridized carbons (Fsp3) is 0.231. The first-order valence-corrected chi connectivity index (χ1v) is 6.72. The molecule has 5 nitrogen and oxygen atoms in total. The molecule has 0 aromatic carbocycles. The van der Waals surface area contributed by atoms with Gasteiger partial charge in [-0.25, -0.2) is 9.78 Å². The zero-order chi connectivity index (χ0) is 13.8. The van der Waals surface area contributed by atoms with Crippen molar-refractivity contribution in [2.45, 2.75) is 19.9 Å². The minimum Gasteiger partial charge on any atom is -0.478 e. The number of aromatic carboxylic acids is 1. The van der Waals surface area contributed by atoms with E-state index in [9.17, 15) is 4.79 Å². The Bertz CT molecular complexity index is 595. The summed E-state index contributed by atoms with van der Waals surface area (Å²) in [5.74, 6) is -0.520. The smallest absolute Gasteiger partial charge is 0.337 e. The molecule has 0 spiro atoms. The zero-order valence-electron chi connectivity index (χ0n) is 10.5. The Morgan fingerprint density at radius 3 is 2.79 bits per heavy atom. The van der Waals surface area contributed by atoms with Gasteiger partial charge >= 0.3 is 5.97 Å². The van der Waals surface area contributed by atoms with E-state index in [1.54, 1.807) is 11.3 Å². The highest BCUT2D eigenvalue weighted by Gasteiger charge is 2.08. The largest absolute Gasteiger partial charge is 0.478 e. The number of carbonyl (C=O) groups is 1. The van der Waals surface area contributed by atoms with Crippen molar-refractivity contribution in [3.8, 4) is 0 Å². The number of anilines is 2. The molecule has 0 fully saturated rings. The third-order valence-corrected chi connectivity index (χ3v) is 3.89. The van der Waals surface area contributed by atoms with Crippen molar-refractivity contribution in [3.05, 3.63) is 39.7 Å². The zero-order valence-corrected chi connectivity index (χ0v) is 11.3. The van der Waals surface area contributed by atoms with Gasteiger partial charge in [0.15, 0.2) is 0 Å². The van der Waals surface area contributed by atoms with Gasteiger partial charge in [0.05, 0.1) is 17.8 Å². The summed E-state index contributed by atoms with van der Waals surface area (Å²) in [4.78, 5) is 17.3. The maximum Gasteiger partial charge on any atom is 0.337 e. The molecule has 0 saturated carbocycles. The van der Waals surface area contributed by atoms with Gasteiger partial charge in [-0.05, 0) is 24.6 Å². The van der Waals surface area contributed by atoms with Crippen molar-refractivity contribution in [3.63, 3.8) is 0 Å². The summed E-state index contributed by atoms with van der Waals surface area (Å²) in [5.41, 5.74) is 6.20. The predicted octanol–water partition coefficient (Wildman–Crippen LogP) is 2.60. The molecule has 0 unspecified atom stereocenters. The quantitative estimate of drug-likeness (QED) is 0.781. The molecule has 0 atom stereocenters. The first-order valence-electron chi connectivity index (χ1n) is 5.90. The fourth-order valence-electron chi connectivity index (χ4n) is 1.62. The second-order valence-electron chi connectivity index (χ2n) is 4.04. The highest BCUT2D eigenvalue weighted by molar-refractivity contribution is 7.12. The standard InChI is InChI=1S/C13H15N3O2S/c1-2-9-3-4-10(19-9)7-16-12-11(14)5-8(6-15-12)13(17)18/h3-6H,2,7,14H2,1H3,(H,15,16)(H,17,18). The van der Waals surface area contributed by atoms with Gasteiger partial charge in [0.2, 0.25) is 0 Å². The van der Waals surface area contributed by atoms with E-state index in [1.165, 1.54) is 22.0 Å². The van der Waals surface area contributed by atoms with Gasteiger partial charge in [-0.3, -0.25) is 0 Å². The number of hydrogen-bond donors (Lipinski definition) is 3. The number of nitrogens with one attached hydrogen (secondary N) is 1. The second kappa shape index (κ2) is 5.71. The Morgan fingerprint density at radius 2 is 2.21 bits per heavy atom. The average molecular weight is 277 g/mol. The van der Waals surface area contributed by atoms with Crippen molar-refractivity contribution in [2.24, 2.45) is 0 Å². The van der Waals surface area contributed by atoms with Crippen LogP contribution >= 0.6 is 11.3 Å². The lowest BCUT2D eigenvalue weighted by Crippen LogP contribution is -2.06. The van der Waals surface area contributed by atoms with Gasteiger partial charge < -0.3 is 16.2 Å². The molecule has 2 aromatic rings. The third kappa shape index (κ3) is 3.23. The number of nitrogen functional groups attached to an aromatic ring is 1. The Kier molecular flexibility index (Phi) is 4.01. The van der Waals surface area contributed by atoms with Crippen LogP contribution in [0.1, 0.15) is 27.0 Å². The summed E-state index contributed by atoms with van der Waals surface area (Å²) in [6.45, 7) is 2.75. The Hall–Kier alpha value is -2.08. The van der Waals surface area contributed by atoms with E-state index in [2.05, 4.69) is 29.4 Å². The van der Waals surface area contributed by atoms with E-state index < -0.39 is 5.97 Å². The van der Waals surface area contributed by atoms with Crippen LogP contribution in [-0.4, -0.2) is 16.1 Å². The summed E-state index contributed by atoms with van der Waals surface area (Å²) < 4.78 is 0. The molecule has 0 aliphatic carbocycles. The van der Waals surface area contributed by atoms with Crippen LogP contribution in [0.4, 0.5) is 11.5 Å². The highest BCUT2D eigenvalue weighted by Crippen LogP contribution is 2.21. The molecule has 6 heteroatoms. The molecule has 4 N–H and O–H groups in total. The number of nitrogens with zero attached hydrogens (tertiary/aromatic N) is 1. The van der Waals surface area contributed by atoms with Gasteiger partial charge in [0.1, 0.15) is 5.82 Å². The summed E-state index contributed by atoms with van der Waals surface area (Å²) in [5, 5.41) is 11.9. The van der Waals surface area contributed by atoms with Crippen LogP contribution in [-0.2, 0) is 13.0 Å². The van der Waals surface area contributed by atoms with E-state index in [4.69, 9.17) is 10.8 Å². The Morgan fingerprint density at radius 1 is 1.47 bits per heavy atom. The van der Waals surface area contributed by atoms with Gasteiger partial charge in [-0.1, -0.05) is 6.92 Å². The molecule has 100 valence electrons. The molecule has 0 radical (unpaired) electrons. The molecule has 0 amide bonds. The maximum absolute atomic E-state index is 10.8. The number of pyridine rings is 1. The van der Waals surface area contributed by atoms with Crippen molar-refractivity contribution in [1.82, 2.24) is 4.98 Å². The first-order chi connectivity index (χ1) is 9.10. The molecule has 2 rings (SSSR count). The fourth-order valence-corrected chi connectivity index (χ4v) is 2.52. The molecule has 0 aliphatic rings. The number of carboxylic acid groups (broad SMARTS) is 1. The first kappa shape index (κ1) is 13.4. The van der Waals surface area contributed by atoms with E-state index in [0.29, 0.717) is 18.1 Å². The van der Waals surface area contributed by atoms with Crippen LogP contribution in [0.25, 0.3) is 0 Å². The van der Waals surface area contributed by atoms with Crippen molar-refractivity contribution >= 4 is 28.8 Å².